The largest absolute Gasteiger partial charge is 0.454 e. The monoisotopic (exact) mass is 390 g/mol. The van der Waals surface area contributed by atoms with Crippen LogP contribution in [0.1, 0.15) is 0 Å². The molecule has 1 N–H and O–H groups in total. The fourth-order valence-electron chi connectivity index (χ4n) is 2.72. The summed E-state index contributed by atoms with van der Waals surface area (Å²) < 4.78 is 10.6. The molecule has 1 aromatic heterocycles. The van der Waals surface area contributed by atoms with Crippen molar-refractivity contribution in [1.29, 1.82) is 0 Å². The molecule has 2 aliphatic heterocycles. The average molecular weight is 390 g/mol. The van der Waals surface area contributed by atoms with Gasteiger partial charge in [-0.25, -0.2) is 9.97 Å². The molecule has 0 spiro atoms. The van der Waals surface area contributed by atoms with Gasteiger partial charge in [0.15, 0.2) is 17.3 Å². The molecular formula is C17H18N4O3S2. The molecule has 2 aromatic rings. The Hall–Kier alpha value is -2.13. The van der Waals surface area contributed by atoms with Crippen molar-refractivity contribution in [2.45, 2.75) is 5.03 Å². The first-order valence-corrected chi connectivity index (χ1v) is 10.4. The number of benzene rings is 1. The van der Waals surface area contributed by atoms with Crippen LogP contribution in [0.2, 0.25) is 0 Å². The van der Waals surface area contributed by atoms with E-state index in [4.69, 9.17) is 9.47 Å². The van der Waals surface area contributed by atoms with Gasteiger partial charge in [-0.05, 0) is 12.1 Å². The summed E-state index contributed by atoms with van der Waals surface area (Å²) in [5.41, 5.74) is 0.687. The zero-order valence-corrected chi connectivity index (χ0v) is 15.6. The lowest BCUT2D eigenvalue weighted by atomic mass is 10.3. The Labute approximate surface area is 159 Å². The second-order valence-corrected chi connectivity index (χ2v) is 7.88. The molecule has 0 aliphatic carbocycles. The average Bonchev–Trinajstić information content (AvgIpc) is 3.15. The van der Waals surface area contributed by atoms with E-state index in [9.17, 15) is 4.79 Å². The molecular weight excluding hydrogens is 372 g/mol. The van der Waals surface area contributed by atoms with Gasteiger partial charge in [0.1, 0.15) is 5.03 Å². The Kier molecular flexibility index (Phi) is 5.35. The summed E-state index contributed by atoms with van der Waals surface area (Å²) in [5.74, 6) is 4.56. The molecule has 1 amide bonds. The number of thioether (sulfide) groups is 2. The number of anilines is 2. The van der Waals surface area contributed by atoms with Crippen LogP contribution in [0.4, 0.5) is 11.5 Å². The molecule has 1 fully saturated rings. The molecule has 1 aromatic carbocycles. The molecule has 0 atom stereocenters. The molecule has 26 heavy (non-hydrogen) atoms. The maximum Gasteiger partial charge on any atom is 0.234 e. The SMILES string of the molecule is O=C(CSc1nccnc1N1CCSCC1)Nc1ccc2c(c1)OCO2. The number of ether oxygens (including phenoxy) is 2. The lowest BCUT2D eigenvalue weighted by Gasteiger charge is -2.28. The number of aromatic nitrogens is 2. The van der Waals surface area contributed by atoms with Crippen LogP contribution in [0.3, 0.4) is 0 Å². The first kappa shape index (κ1) is 17.3. The minimum Gasteiger partial charge on any atom is -0.454 e. The van der Waals surface area contributed by atoms with Crippen LogP contribution in [0.15, 0.2) is 35.6 Å². The molecule has 2 aliphatic rings. The minimum atomic E-state index is -0.0975. The van der Waals surface area contributed by atoms with Crippen LogP contribution in [0, 0.1) is 0 Å². The Bertz CT molecular complexity index is 799. The summed E-state index contributed by atoms with van der Waals surface area (Å²) in [5, 5.41) is 3.67. The number of hydrogen-bond donors (Lipinski definition) is 1. The number of rotatable bonds is 5. The van der Waals surface area contributed by atoms with Crippen molar-refractivity contribution in [3.8, 4) is 11.5 Å². The summed E-state index contributed by atoms with van der Waals surface area (Å²) in [6.07, 6.45) is 3.37. The standard InChI is InChI=1S/C17H18N4O3S2/c22-15(20-12-1-2-13-14(9-12)24-11-23-13)10-26-17-16(18-3-4-19-17)21-5-7-25-8-6-21/h1-4,9H,5-8,10-11H2,(H,20,22). The number of fused-ring (bicyclic) bond motifs is 1. The van der Waals surface area contributed by atoms with Gasteiger partial charge in [0.2, 0.25) is 12.7 Å². The predicted octanol–water partition coefficient (Wildman–Crippen LogP) is 2.49. The van der Waals surface area contributed by atoms with E-state index >= 15 is 0 Å². The second kappa shape index (κ2) is 8.05. The molecule has 0 radical (unpaired) electrons. The smallest absolute Gasteiger partial charge is 0.234 e. The number of carbonyl (C=O) groups excluding carboxylic acids is 1. The molecule has 4 rings (SSSR count). The van der Waals surface area contributed by atoms with Gasteiger partial charge in [-0.1, -0.05) is 11.8 Å². The van der Waals surface area contributed by atoms with Gasteiger partial charge in [0.05, 0.1) is 5.75 Å². The zero-order chi connectivity index (χ0) is 17.8. The fraction of sp³-hybridized carbons (Fsp3) is 0.353. The van der Waals surface area contributed by atoms with Crippen molar-refractivity contribution in [1.82, 2.24) is 9.97 Å². The Morgan fingerprint density at radius 2 is 2.00 bits per heavy atom. The highest BCUT2D eigenvalue weighted by atomic mass is 32.2. The molecule has 0 unspecified atom stereocenters. The second-order valence-electron chi connectivity index (χ2n) is 5.69. The number of nitrogens with zero attached hydrogens (tertiary/aromatic N) is 3. The number of carbonyl (C=O) groups is 1. The van der Waals surface area contributed by atoms with Crippen molar-refractivity contribution in [3.63, 3.8) is 0 Å². The van der Waals surface area contributed by atoms with Crippen molar-refractivity contribution in [2.24, 2.45) is 0 Å². The summed E-state index contributed by atoms with van der Waals surface area (Å²) in [4.78, 5) is 23.4. The lowest BCUT2D eigenvalue weighted by molar-refractivity contribution is -0.113. The van der Waals surface area contributed by atoms with Gasteiger partial charge in [-0.3, -0.25) is 4.79 Å². The van der Waals surface area contributed by atoms with Gasteiger partial charge < -0.3 is 19.7 Å². The van der Waals surface area contributed by atoms with E-state index in [0.717, 1.165) is 35.4 Å². The van der Waals surface area contributed by atoms with E-state index < -0.39 is 0 Å². The maximum atomic E-state index is 12.3. The number of hydrogen-bond acceptors (Lipinski definition) is 8. The molecule has 3 heterocycles. The van der Waals surface area contributed by atoms with E-state index in [0.29, 0.717) is 17.2 Å². The topological polar surface area (TPSA) is 76.6 Å². The fourth-order valence-corrected chi connectivity index (χ4v) is 4.41. The zero-order valence-electron chi connectivity index (χ0n) is 14.0. The van der Waals surface area contributed by atoms with Gasteiger partial charge in [0, 0.05) is 48.7 Å². The van der Waals surface area contributed by atoms with E-state index in [2.05, 4.69) is 20.2 Å². The summed E-state index contributed by atoms with van der Waals surface area (Å²) in [6.45, 7) is 2.13. The van der Waals surface area contributed by atoms with E-state index in [-0.39, 0.29) is 18.5 Å². The summed E-state index contributed by atoms with van der Waals surface area (Å²) in [7, 11) is 0. The van der Waals surface area contributed by atoms with Crippen molar-refractivity contribution >= 4 is 40.9 Å². The summed E-state index contributed by atoms with van der Waals surface area (Å²) >= 11 is 3.35. The van der Waals surface area contributed by atoms with Crippen LogP contribution >= 0.6 is 23.5 Å². The van der Waals surface area contributed by atoms with Crippen molar-refractivity contribution in [3.05, 3.63) is 30.6 Å². The van der Waals surface area contributed by atoms with Gasteiger partial charge in [-0.2, -0.15) is 11.8 Å². The Balaban J connectivity index is 1.37. The first-order chi connectivity index (χ1) is 12.8. The normalized spacial score (nSPS) is 15.8. The van der Waals surface area contributed by atoms with Crippen molar-refractivity contribution < 1.29 is 14.3 Å². The van der Waals surface area contributed by atoms with Gasteiger partial charge >= 0.3 is 0 Å². The van der Waals surface area contributed by atoms with Crippen LogP contribution < -0.4 is 19.7 Å². The highest BCUT2D eigenvalue weighted by Crippen LogP contribution is 2.34. The number of nitrogens with one attached hydrogen (secondary N) is 1. The molecule has 0 saturated carbocycles. The third kappa shape index (κ3) is 3.99. The van der Waals surface area contributed by atoms with Gasteiger partial charge in [0.25, 0.3) is 0 Å². The van der Waals surface area contributed by atoms with Crippen LogP contribution in [0.5, 0.6) is 11.5 Å². The molecule has 1 saturated heterocycles. The number of amides is 1. The lowest BCUT2D eigenvalue weighted by Crippen LogP contribution is -2.33. The van der Waals surface area contributed by atoms with Gasteiger partial charge in [-0.15, -0.1) is 0 Å². The highest BCUT2D eigenvalue weighted by Gasteiger charge is 2.18. The first-order valence-electron chi connectivity index (χ1n) is 8.25. The van der Waals surface area contributed by atoms with Crippen LogP contribution in [-0.2, 0) is 4.79 Å². The molecule has 0 bridgehead atoms. The van der Waals surface area contributed by atoms with E-state index in [1.807, 2.05) is 11.8 Å². The quantitative estimate of drug-likeness (QED) is 0.781. The molecule has 9 heteroatoms. The van der Waals surface area contributed by atoms with Crippen molar-refractivity contribution in [2.75, 3.05) is 47.4 Å². The minimum absolute atomic E-state index is 0.0975. The predicted molar refractivity (Wildman–Crippen MR) is 103 cm³/mol. The van der Waals surface area contributed by atoms with E-state index in [1.165, 1.54) is 11.8 Å². The highest BCUT2D eigenvalue weighted by molar-refractivity contribution is 8.00. The van der Waals surface area contributed by atoms with Crippen LogP contribution in [0.25, 0.3) is 0 Å². The Morgan fingerprint density at radius 1 is 1.19 bits per heavy atom. The maximum absolute atomic E-state index is 12.3. The molecule has 136 valence electrons. The van der Waals surface area contributed by atoms with E-state index in [1.54, 1.807) is 30.6 Å². The Morgan fingerprint density at radius 3 is 2.88 bits per heavy atom. The molecule has 7 nitrogen and oxygen atoms in total. The third-order valence-electron chi connectivity index (χ3n) is 3.95. The third-order valence-corrected chi connectivity index (χ3v) is 5.86. The summed E-state index contributed by atoms with van der Waals surface area (Å²) in [6, 6.07) is 5.36. The van der Waals surface area contributed by atoms with Crippen LogP contribution in [-0.4, -0.2) is 53.0 Å².